The maximum atomic E-state index is 13.4. The minimum atomic E-state index is -0.107. The van der Waals surface area contributed by atoms with Gasteiger partial charge in [-0.1, -0.05) is 12.1 Å². The summed E-state index contributed by atoms with van der Waals surface area (Å²) in [5.74, 6) is 0.256. The summed E-state index contributed by atoms with van der Waals surface area (Å²) in [5, 5.41) is 3.12. The second-order valence-electron chi connectivity index (χ2n) is 3.00. The van der Waals surface area contributed by atoms with Crippen LogP contribution in [-0.2, 0) is 0 Å². The number of benzene rings is 1. The van der Waals surface area contributed by atoms with Gasteiger partial charge in [-0.25, -0.2) is 4.39 Å². The van der Waals surface area contributed by atoms with Gasteiger partial charge in [0.05, 0.1) is 4.47 Å². The van der Waals surface area contributed by atoms with Gasteiger partial charge in [0, 0.05) is 19.0 Å². The van der Waals surface area contributed by atoms with Gasteiger partial charge in [-0.15, -0.1) is 0 Å². The summed E-state index contributed by atoms with van der Waals surface area (Å²) in [6.45, 7) is 1.79. The maximum Gasteiger partial charge on any atom is 0.140 e. The molecule has 0 unspecified atom stereocenters. The molecule has 0 bridgehead atoms. The van der Waals surface area contributed by atoms with Gasteiger partial charge in [-0.2, -0.15) is 0 Å². The van der Waals surface area contributed by atoms with Crippen molar-refractivity contribution in [1.82, 2.24) is 5.32 Å². The molecule has 0 aliphatic carbocycles. The summed E-state index contributed by atoms with van der Waals surface area (Å²) in [7, 11) is 0. The van der Waals surface area contributed by atoms with Crippen LogP contribution < -0.4 is 5.32 Å². The predicted octanol–water partition coefficient (Wildman–Crippen LogP) is 2.27. The third kappa shape index (κ3) is 1.27. The standard InChI is InChI=1S/C9H9BrFN/c10-8-3-1-2-7(9(8)11)6-4-12-5-6/h1-3,6,12H,4-5H2. The minimum absolute atomic E-state index is 0.107. The Kier molecular flexibility index (Phi) is 2.15. The molecule has 12 heavy (non-hydrogen) atoms. The van der Waals surface area contributed by atoms with Crippen LogP contribution in [0.3, 0.4) is 0 Å². The zero-order valence-corrected chi connectivity index (χ0v) is 8.07. The Morgan fingerprint density at radius 3 is 2.75 bits per heavy atom. The zero-order chi connectivity index (χ0) is 8.55. The molecule has 1 aromatic rings. The monoisotopic (exact) mass is 229 g/mol. The first kappa shape index (κ1) is 8.20. The quantitative estimate of drug-likeness (QED) is 0.780. The average Bonchev–Trinajstić information content (AvgIpc) is 1.95. The van der Waals surface area contributed by atoms with E-state index in [4.69, 9.17) is 0 Å². The van der Waals surface area contributed by atoms with Crippen LogP contribution in [0.25, 0.3) is 0 Å². The molecule has 1 N–H and O–H groups in total. The first-order chi connectivity index (χ1) is 5.79. The summed E-state index contributed by atoms with van der Waals surface area (Å²) in [6, 6.07) is 5.46. The predicted molar refractivity (Wildman–Crippen MR) is 49.7 cm³/mol. The molecule has 3 heteroatoms. The van der Waals surface area contributed by atoms with E-state index in [1.807, 2.05) is 12.1 Å². The number of hydrogen-bond acceptors (Lipinski definition) is 1. The van der Waals surface area contributed by atoms with Gasteiger partial charge >= 0.3 is 0 Å². The van der Waals surface area contributed by atoms with Gasteiger partial charge in [-0.3, -0.25) is 0 Å². The van der Waals surface area contributed by atoms with Crippen LogP contribution in [0.1, 0.15) is 11.5 Å². The van der Waals surface area contributed by atoms with E-state index in [1.54, 1.807) is 6.07 Å². The fraction of sp³-hybridized carbons (Fsp3) is 0.333. The van der Waals surface area contributed by atoms with E-state index >= 15 is 0 Å². The molecule has 0 amide bonds. The van der Waals surface area contributed by atoms with Crippen molar-refractivity contribution < 1.29 is 4.39 Å². The van der Waals surface area contributed by atoms with Crippen molar-refractivity contribution in [2.75, 3.05) is 13.1 Å². The van der Waals surface area contributed by atoms with Gasteiger partial charge in [0.1, 0.15) is 5.82 Å². The van der Waals surface area contributed by atoms with Crippen molar-refractivity contribution in [3.8, 4) is 0 Å². The minimum Gasteiger partial charge on any atom is -0.315 e. The molecule has 0 atom stereocenters. The molecule has 1 aromatic carbocycles. The lowest BCUT2D eigenvalue weighted by molar-refractivity contribution is 0.430. The van der Waals surface area contributed by atoms with Crippen LogP contribution in [-0.4, -0.2) is 13.1 Å². The van der Waals surface area contributed by atoms with Crippen LogP contribution in [0.2, 0.25) is 0 Å². The number of nitrogens with one attached hydrogen (secondary N) is 1. The SMILES string of the molecule is Fc1c(Br)cccc1C1CNC1. The molecular formula is C9H9BrFN. The number of hydrogen-bond donors (Lipinski definition) is 1. The van der Waals surface area contributed by atoms with E-state index in [9.17, 15) is 4.39 Å². The molecule has 64 valence electrons. The highest BCUT2D eigenvalue weighted by Crippen LogP contribution is 2.26. The Bertz CT molecular complexity index is 297. The highest BCUT2D eigenvalue weighted by molar-refractivity contribution is 9.10. The summed E-state index contributed by atoms with van der Waals surface area (Å²) < 4.78 is 14.0. The van der Waals surface area contributed by atoms with Crippen LogP contribution in [0, 0.1) is 5.82 Å². The Morgan fingerprint density at radius 1 is 1.42 bits per heavy atom. The number of halogens is 2. The molecule has 2 rings (SSSR count). The Hall–Kier alpha value is -0.410. The number of rotatable bonds is 1. The third-order valence-corrected chi connectivity index (χ3v) is 2.82. The molecule has 1 nitrogen and oxygen atoms in total. The summed E-state index contributed by atoms with van der Waals surface area (Å²) in [6.07, 6.45) is 0. The third-order valence-electron chi connectivity index (χ3n) is 2.20. The van der Waals surface area contributed by atoms with E-state index in [0.29, 0.717) is 10.4 Å². The van der Waals surface area contributed by atoms with Crippen molar-refractivity contribution in [1.29, 1.82) is 0 Å². The van der Waals surface area contributed by atoms with E-state index in [-0.39, 0.29) is 5.82 Å². The highest BCUT2D eigenvalue weighted by atomic mass is 79.9. The van der Waals surface area contributed by atoms with Crippen molar-refractivity contribution in [2.45, 2.75) is 5.92 Å². The molecule has 1 aliphatic heterocycles. The molecular weight excluding hydrogens is 221 g/mol. The van der Waals surface area contributed by atoms with Crippen LogP contribution in [0.4, 0.5) is 4.39 Å². The smallest absolute Gasteiger partial charge is 0.140 e. The van der Waals surface area contributed by atoms with Gasteiger partial charge in [-0.05, 0) is 27.6 Å². The molecule has 1 saturated heterocycles. The van der Waals surface area contributed by atoms with Crippen molar-refractivity contribution in [3.63, 3.8) is 0 Å². The van der Waals surface area contributed by atoms with Gasteiger partial charge < -0.3 is 5.32 Å². The van der Waals surface area contributed by atoms with Crippen molar-refractivity contribution in [3.05, 3.63) is 34.1 Å². The maximum absolute atomic E-state index is 13.4. The highest BCUT2D eigenvalue weighted by Gasteiger charge is 2.22. The van der Waals surface area contributed by atoms with E-state index in [1.165, 1.54) is 0 Å². The van der Waals surface area contributed by atoms with E-state index < -0.39 is 0 Å². The lowest BCUT2D eigenvalue weighted by Gasteiger charge is -2.27. The van der Waals surface area contributed by atoms with Crippen LogP contribution >= 0.6 is 15.9 Å². The fourth-order valence-corrected chi connectivity index (χ4v) is 1.73. The molecule has 0 radical (unpaired) electrons. The van der Waals surface area contributed by atoms with Crippen molar-refractivity contribution in [2.24, 2.45) is 0 Å². The molecule has 0 aromatic heterocycles. The molecule has 1 fully saturated rings. The molecule has 0 spiro atoms. The second-order valence-corrected chi connectivity index (χ2v) is 3.85. The summed E-state index contributed by atoms with van der Waals surface area (Å²) in [4.78, 5) is 0. The first-order valence-electron chi connectivity index (χ1n) is 3.93. The van der Waals surface area contributed by atoms with E-state index in [0.717, 1.165) is 18.7 Å². The fourth-order valence-electron chi connectivity index (χ4n) is 1.34. The Labute approximate surface area is 79.1 Å². The van der Waals surface area contributed by atoms with Crippen LogP contribution in [0.15, 0.2) is 22.7 Å². The lowest BCUT2D eigenvalue weighted by Crippen LogP contribution is -2.40. The van der Waals surface area contributed by atoms with Crippen molar-refractivity contribution >= 4 is 15.9 Å². The Balaban J connectivity index is 2.36. The second kappa shape index (κ2) is 3.15. The molecule has 0 saturated carbocycles. The normalized spacial score (nSPS) is 17.5. The van der Waals surface area contributed by atoms with Gasteiger partial charge in [0.2, 0.25) is 0 Å². The lowest BCUT2D eigenvalue weighted by atomic mass is 9.93. The summed E-state index contributed by atoms with van der Waals surface area (Å²) in [5.41, 5.74) is 0.822. The molecule has 1 heterocycles. The topological polar surface area (TPSA) is 12.0 Å². The average molecular weight is 230 g/mol. The zero-order valence-electron chi connectivity index (χ0n) is 6.48. The first-order valence-corrected chi connectivity index (χ1v) is 4.73. The largest absolute Gasteiger partial charge is 0.315 e. The Morgan fingerprint density at radius 2 is 2.17 bits per heavy atom. The van der Waals surface area contributed by atoms with E-state index in [2.05, 4.69) is 21.2 Å². The van der Waals surface area contributed by atoms with Gasteiger partial charge in [0.25, 0.3) is 0 Å². The molecule has 1 aliphatic rings. The van der Waals surface area contributed by atoms with Crippen LogP contribution in [0.5, 0.6) is 0 Å². The summed E-state index contributed by atoms with van der Waals surface area (Å²) >= 11 is 3.17. The van der Waals surface area contributed by atoms with Gasteiger partial charge in [0.15, 0.2) is 0 Å².